The van der Waals surface area contributed by atoms with Gasteiger partial charge in [0, 0.05) is 11.6 Å². The van der Waals surface area contributed by atoms with Crippen LogP contribution >= 0.6 is 0 Å². The van der Waals surface area contributed by atoms with Gasteiger partial charge in [0.05, 0.1) is 4.92 Å². The number of carbonyl (C=O) groups is 1. The number of hydrogen-bond acceptors (Lipinski definition) is 5. The van der Waals surface area contributed by atoms with E-state index in [0.29, 0.717) is 11.4 Å². The van der Waals surface area contributed by atoms with Crippen LogP contribution in [0.5, 0.6) is 0 Å². The van der Waals surface area contributed by atoms with Crippen LogP contribution in [-0.4, -0.2) is 15.8 Å². The zero-order chi connectivity index (χ0) is 15.4. The van der Waals surface area contributed by atoms with Crippen molar-refractivity contribution in [2.75, 3.05) is 5.43 Å². The summed E-state index contributed by atoms with van der Waals surface area (Å²) < 4.78 is 0. The molecule has 0 aliphatic heterocycles. The molecule has 1 heterocycles. The van der Waals surface area contributed by atoms with Gasteiger partial charge in [0.1, 0.15) is 12.0 Å². The quantitative estimate of drug-likeness (QED) is 0.664. The van der Waals surface area contributed by atoms with Gasteiger partial charge < -0.3 is 0 Å². The Morgan fingerprint density at radius 2 is 1.95 bits per heavy atom. The molecule has 0 saturated carbocycles. The van der Waals surface area contributed by atoms with Crippen molar-refractivity contribution in [3.05, 3.63) is 63.3 Å². The number of nitro groups is 1. The van der Waals surface area contributed by atoms with Gasteiger partial charge in [-0.2, -0.15) is 0 Å². The smallest absolute Gasteiger partial charge is 0.282 e. The number of hydrazine groups is 1. The number of anilines is 1. The number of carbonyl (C=O) groups excluding carboxylic acids is 1. The Labute approximate surface area is 121 Å². The highest BCUT2D eigenvalue weighted by Crippen LogP contribution is 2.12. The average molecular weight is 286 g/mol. The van der Waals surface area contributed by atoms with E-state index in [1.807, 2.05) is 19.9 Å². The van der Waals surface area contributed by atoms with E-state index in [4.69, 9.17) is 0 Å². The second-order valence-corrected chi connectivity index (χ2v) is 4.54. The summed E-state index contributed by atoms with van der Waals surface area (Å²) in [6, 6.07) is 8.10. The maximum atomic E-state index is 11.9. The van der Waals surface area contributed by atoms with E-state index < -0.39 is 4.92 Å². The second kappa shape index (κ2) is 6.00. The van der Waals surface area contributed by atoms with Crippen molar-refractivity contribution in [3.63, 3.8) is 0 Å². The van der Waals surface area contributed by atoms with Gasteiger partial charge in [0.2, 0.25) is 0 Å². The lowest BCUT2D eigenvalue weighted by Crippen LogP contribution is -2.29. The number of aromatic nitrogens is 1. The second-order valence-electron chi connectivity index (χ2n) is 4.54. The van der Waals surface area contributed by atoms with Crippen molar-refractivity contribution in [1.29, 1.82) is 0 Å². The largest absolute Gasteiger partial charge is 0.287 e. The molecular formula is C14H14N4O3. The fourth-order valence-electron chi connectivity index (χ4n) is 1.64. The summed E-state index contributed by atoms with van der Waals surface area (Å²) in [6.45, 7) is 3.90. The van der Waals surface area contributed by atoms with E-state index in [9.17, 15) is 14.9 Å². The minimum absolute atomic E-state index is 0.110. The third-order valence-electron chi connectivity index (χ3n) is 3.03. The van der Waals surface area contributed by atoms with Crippen LogP contribution in [0.15, 0.2) is 36.5 Å². The number of rotatable bonds is 4. The fourth-order valence-corrected chi connectivity index (χ4v) is 1.64. The molecule has 0 bridgehead atoms. The molecule has 0 fully saturated rings. The number of aryl methyl sites for hydroxylation is 2. The number of hydrogen-bond donors (Lipinski definition) is 2. The van der Waals surface area contributed by atoms with Crippen LogP contribution in [0.1, 0.15) is 21.5 Å². The maximum absolute atomic E-state index is 11.9. The molecule has 0 atom stereocenters. The molecule has 0 aliphatic carbocycles. The number of pyridine rings is 1. The fraction of sp³-hybridized carbons (Fsp3) is 0.143. The highest BCUT2D eigenvalue weighted by Gasteiger charge is 2.08. The van der Waals surface area contributed by atoms with Crippen molar-refractivity contribution < 1.29 is 9.72 Å². The van der Waals surface area contributed by atoms with Crippen molar-refractivity contribution in [3.8, 4) is 0 Å². The summed E-state index contributed by atoms with van der Waals surface area (Å²) in [5.41, 5.74) is 7.64. The highest BCUT2D eigenvalue weighted by atomic mass is 16.6. The zero-order valence-electron chi connectivity index (χ0n) is 11.6. The number of nitrogens with one attached hydrogen (secondary N) is 2. The molecule has 0 radical (unpaired) electrons. The lowest BCUT2D eigenvalue weighted by atomic mass is 10.1. The summed E-state index contributed by atoms with van der Waals surface area (Å²) in [7, 11) is 0. The molecule has 21 heavy (non-hydrogen) atoms. The Hall–Kier alpha value is -2.96. The normalized spacial score (nSPS) is 10.0. The van der Waals surface area contributed by atoms with E-state index in [-0.39, 0.29) is 11.6 Å². The molecule has 0 saturated heterocycles. The summed E-state index contributed by atoms with van der Waals surface area (Å²) in [5.74, 6) is 0.0102. The van der Waals surface area contributed by atoms with Crippen molar-refractivity contribution in [2.24, 2.45) is 0 Å². The van der Waals surface area contributed by atoms with Crippen molar-refractivity contribution in [1.82, 2.24) is 10.4 Å². The molecule has 2 aromatic rings. The molecule has 2 rings (SSSR count). The molecule has 0 spiro atoms. The van der Waals surface area contributed by atoms with Crippen LogP contribution in [0.25, 0.3) is 0 Å². The van der Waals surface area contributed by atoms with Crippen LogP contribution in [-0.2, 0) is 0 Å². The van der Waals surface area contributed by atoms with Gasteiger partial charge in [-0.15, -0.1) is 0 Å². The van der Waals surface area contributed by atoms with Crippen LogP contribution < -0.4 is 10.9 Å². The number of amides is 1. The highest BCUT2D eigenvalue weighted by molar-refractivity contribution is 5.95. The first-order chi connectivity index (χ1) is 9.97. The Morgan fingerprint density at radius 3 is 2.52 bits per heavy atom. The van der Waals surface area contributed by atoms with E-state index >= 15 is 0 Å². The summed E-state index contributed by atoms with van der Waals surface area (Å²) in [6.07, 6.45) is 1.12. The van der Waals surface area contributed by atoms with Gasteiger partial charge in [-0.3, -0.25) is 25.8 Å². The molecule has 7 heteroatoms. The molecular weight excluding hydrogens is 272 g/mol. The molecule has 108 valence electrons. The Bertz CT molecular complexity index is 683. The van der Waals surface area contributed by atoms with E-state index in [1.165, 1.54) is 12.1 Å². The molecule has 7 nitrogen and oxygen atoms in total. The van der Waals surface area contributed by atoms with Crippen LogP contribution in [0.3, 0.4) is 0 Å². The molecule has 0 unspecified atom stereocenters. The SMILES string of the molecule is Cc1ccc(C(=O)NNc2ccc([N+](=O)[O-])cn2)cc1C. The van der Waals surface area contributed by atoms with E-state index in [1.54, 1.807) is 12.1 Å². The molecule has 1 aromatic carbocycles. The Kier molecular flexibility index (Phi) is 4.13. The van der Waals surface area contributed by atoms with Gasteiger partial charge in [-0.1, -0.05) is 6.07 Å². The van der Waals surface area contributed by atoms with Gasteiger partial charge in [-0.05, 0) is 43.2 Å². The van der Waals surface area contributed by atoms with Crippen LogP contribution in [0.2, 0.25) is 0 Å². The van der Waals surface area contributed by atoms with Gasteiger partial charge >= 0.3 is 0 Å². The first-order valence-corrected chi connectivity index (χ1v) is 6.21. The molecule has 2 N–H and O–H groups in total. The van der Waals surface area contributed by atoms with E-state index in [2.05, 4.69) is 15.8 Å². The van der Waals surface area contributed by atoms with E-state index in [0.717, 1.165) is 17.3 Å². The first kappa shape index (κ1) is 14.4. The lowest BCUT2D eigenvalue weighted by Gasteiger charge is -2.08. The number of benzene rings is 1. The lowest BCUT2D eigenvalue weighted by molar-refractivity contribution is -0.385. The minimum Gasteiger partial charge on any atom is -0.282 e. The van der Waals surface area contributed by atoms with Gasteiger partial charge in [0.25, 0.3) is 11.6 Å². The predicted octanol–water partition coefficient (Wildman–Crippen LogP) is 2.36. The van der Waals surface area contributed by atoms with Crippen molar-refractivity contribution in [2.45, 2.75) is 13.8 Å². The summed E-state index contributed by atoms with van der Waals surface area (Å²) >= 11 is 0. The monoisotopic (exact) mass is 286 g/mol. The van der Waals surface area contributed by atoms with Crippen molar-refractivity contribution >= 4 is 17.4 Å². The topological polar surface area (TPSA) is 97.2 Å². The molecule has 0 aliphatic rings. The summed E-state index contributed by atoms with van der Waals surface area (Å²) in [5, 5.41) is 10.5. The Morgan fingerprint density at radius 1 is 1.19 bits per heavy atom. The van der Waals surface area contributed by atoms with Crippen LogP contribution in [0.4, 0.5) is 11.5 Å². The Balaban J connectivity index is 2.00. The first-order valence-electron chi connectivity index (χ1n) is 6.21. The standard InChI is InChI=1S/C14H14N4O3/c1-9-3-4-11(7-10(9)2)14(19)17-16-13-6-5-12(8-15-13)18(20)21/h3-8H,1-2H3,(H,15,16)(H,17,19). The molecule has 1 aromatic heterocycles. The number of nitrogens with zero attached hydrogens (tertiary/aromatic N) is 2. The van der Waals surface area contributed by atoms with Crippen LogP contribution in [0, 0.1) is 24.0 Å². The maximum Gasteiger partial charge on any atom is 0.287 e. The third-order valence-corrected chi connectivity index (χ3v) is 3.03. The third kappa shape index (κ3) is 3.53. The van der Waals surface area contributed by atoms with Gasteiger partial charge in [-0.25, -0.2) is 4.98 Å². The molecule has 1 amide bonds. The predicted molar refractivity (Wildman–Crippen MR) is 77.9 cm³/mol. The average Bonchev–Trinajstić information content (AvgIpc) is 2.48. The zero-order valence-corrected chi connectivity index (χ0v) is 11.6. The minimum atomic E-state index is -0.537. The van der Waals surface area contributed by atoms with Gasteiger partial charge in [0.15, 0.2) is 0 Å². The summed E-state index contributed by atoms with van der Waals surface area (Å²) in [4.78, 5) is 25.7.